The zero-order chi connectivity index (χ0) is 18.5. The Morgan fingerprint density at radius 2 is 1.85 bits per heavy atom. The van der Waals surface area contributed by atoms with Crippen molar-refractivity contribution in [2.24, 2.45) is 0 Å². The fourth-order valence-electron chi connectivity index (χ4n) is 2.89. The van der Waals surface area contributed by atoms with Crippen LogP contribution in [0.15, 0.2) is 36.5 Å². The van der Waals surface area contributed by atoms with E-state index in [9.17, 15) is 4.79 Å². The number of carbonyl (C=O) groups excluding carboxylic acids is 1. The monoisotopic (exact) mass is 356 g/mol. The molecular weight excluding hydrogens is 332 g/mol. The van der Waals surface area contributed by atoms with E-state index in [1.807, 2.05) is 12.1 Å². The van der Waals surface area contributed by atoms with E-state index in [1.165, 1.54) is 0 Å². The van der Waals surface area contributed by atoms with E-state index in [2.05, 4.69) is 27.1 Å². The largest absolute Gasteiger partial charge is 0.497 e. The summed E-state index contributed by atoms with van der Waals surface area (Å²) in [5.41, 5.74) is 1.96. The number of amides is 1. The van der Waals surface area contributed by atoms with Crippen LogP contribution < -0.4 is 19.7 Å². The van der Waals surface area contributed by atoms with Crippen molar-refractivity contribution in [2.45, 2.75) is 0 Å². The van der Waals surface area contributed by atoms with Crippen molar-refractivity contribution < 1.29 is 14.3 Å². The lowest BCUT2D eigenvalue weighted by molar-refractivity contribution is 0.102. The number of hydrogen-bond donors (Lipinski definition) is 1. The third-order valence-corrected chi connectivity index (χ3v) is 4.50. The molecule has 0 unspecified atom stereocenters. The number of rotatable bonds is 5. The highest BCUT2D eigenvalue weighted by Gasteiger charge is 2.17. The third-order valence-electron chi connectivity index (χ3n) is 4.50. The Kier molecular flexibility index (Phi) is 5.58. The van der Waals surface area contributed by atoms with Crippen molar-refractivity contribution >= 4 is 17.3 Å². The first kappa shape index (κ1) is 18.0. The van der Waals surface area contributed by atoms with Gasteiger partial charge in [-0.25, -0.2) is 0 Å². The molecule has 1 aromatic heterocycles. The van der Waals surface area contributed by atoms with E-state index in [0.29, 0.717) is 22.9 Å². The Balaban J connectivity index is 1.75. The van der Waals surface area contributed by atoms with Crippen LogP contribution >= 0.6 is 0 Å². The summed E-state index contributed by atoms with van der Waals surface area (Å²) in [5.74, 6) is 0.924. The van der Waals surface area contributed by atoms with Crippen molar-refractivity contribution in [1.82, 2.24) is 9.88 Å². The Hall–Kier alpha value is -2.80. The number of nitrogens with zero attached hydrogens (tertiary/aromatic N) is 3. The number of piperazine rings is 1. The zero-order valence-electron chi connectivity index (χ0n) is 15.4. The van der Waals surface area contributed by atoms with Gasteiger partial charge in [0.05, 0.1) is 19.9 Å². The number of likely N-dealkylation sites (N-methyl/N-ethyl adjacent to an activating group) is 1. The van der Waals surface area contributed by atoms with Crippen LogP contribution in [-0.4, -0.2) is 63.2 Å². The third kappa shape index (κ3) is 4.05. The average Bonchev–Trinajstić information content (AvgIpc) is 2.69. The highest BCUT2D eigenvalue weighted by Crippen LogP contribution is 2.29. The fourth-order valence-corrected chi connectivity index (χ4v) is 2.89. The van der Waals surface area contributed by atoms with Crippen LogP contribution in [0.4, 0.5) is 11.4 Å². The maximum absolute atomic E-state index is 12.6. The molecule has 7 heteroatoms. The predicted molar refractivity (Wildman–Crippen MR) is 101 cm³/mol. The van der Waals surface area contributed by atoms with Crippen molar-refractivity contribution in [3.63, 3.8) is 0 Å². The number of carbonyl (C=O) groups is 1. The number of methoxy groups -OCH3 is 2. The number of hydrogen-bond acceptors (Lipinski definition) is 6. The average molecular weight is 356 g/mol. The second-order valence-electron chi connectivity index (χ2n) is 6.21. The van der Waals surface area contributed by atoms with Crippen LogP contribution in [0.3, 0.4) is 0 Å². The van der Waals surface area contributed by atoms with E-state index >= 15 is 0 Å². The van der Waals surface area contributed by atoms with Gasteiger partial charge in [-0.2, -0.15) is 0 Å². The molecule has 0 saturated carbocycles. The van der Waals surface area contributed by atoms with Crippen LogP contribution in [-0.2, 0) is 0 Å². The van der Waals surface area contributed by atoms with Crippen molar-refractivity contribution in [3.05, 3.63) is 42.2 Å². The topological polar surface area (TPSA) is 66.9 Å². The van der Waals surface area contributed by atoms with Gasteiger partial charge < -0.3 is 24.6 Å². The molecule has 1 saturated heterocycles. The van der Waals surface area contributed by atoms with Gasteiger partial charge in [0.15, 0.2) is 0 Å². The van der Waals surface area contributed by atoms with Gasteiger partial charge in [-0.15, -0.1) is 0 Å². The van der Waals surface area contributed by atoms with Gasteiger partial charge >= 0.3 is 0 Å². The first-order valence-corrected chi connectivity index (χ1v) is 8.53. The van der Waals surface area contributed by atoms with Crippen molar-refractivity contribution in [2.75, 3.05) is 57.7 Å². The van der Waals surface area contributed by atoms with Crippen LogP contribution in [0.5, 0.6) is 11.5 Å². The number of pyridine rings is 1. The minimum atomic E-state index is -0.274. The van der Waals surface area contributed by atoms with E-state index in [1.54, 1.807) is 38.6 Å². The summed E-state index contributed by atoms with van der Waals surface area (Å²) in [6.07, 6.45) is 1.67. The van der Waals surface area contributed by atoms with Crippen LogP contribution in [0.1, 0.15) is 10.5 Å². The Bertz CT molecular complexity index is 773. The van der Waals surface area contributed by atoms with Crippen LogP contribution in [0.25, 0.3) is 0 Å². The van der Waals surface area contributed by atoms with Crippen LogP contribution in [0.2, 0.25) is 0 Å². The molecule has 138 valence electrons. The van der Waals surface area contributed by atoms with Gasteiger partial charge in [-0.3, -0.25) is 9.78 Å². The van der Waals surface area contributed by atoms with Gasteiger partial charge in [0.25, 0.3) is 5.91 Å². The second kappa shape index (κ2) is 8.05. The van der Waals surface area contributed by atoms with E-state index < -0.39 is 0 Å². The number of benzene rings is 1. The molecule has 26 heavy (non-hydrogen) atoms. The smallest absolute Gasteiger partial charge is 0.274 e. The standard InChI is InChI=1S/C19H24N4O3/c1-22-8-10-23(11-9-22)14-6-7-20-17(12-14)19(24)21-16-5-4-15(25-2)13-18(16)26-3/h4-7,12-13H,8-11H2,1-3H3,(H,21,24). The van der Waals surface area contributed by atoms with Gasteiger partial charge in [0.2, 0.25) is 0 Å². The minimum absolute atomic E-state index is 0.274. The van der Waals surface area contributed by atoms with Crippen LogP contribution in [0, 0.1) is 0 Å². The van der Waals surface area contributed by atoms with E-state index in [-0.39, 0.29) is 5.91 Å². The fraction of sp³-hybridized carbons (Fsp3) is 0.368. The summed E-state index contributed by atoms with van der Waals surface area (Å²) < 4.78 is 10.5. The molecule has 0 spiro atoms. The van der Waals surface area contributed by atoms with E-state index in [4.69, 9.17) is 9.47 Å². The predicted octanol–water partition coefficient (Wildman–Crippen LogP) is 2.10. The molecule has 0 atom stereocenters. The summed E-state index contributed by atoms with van der Waals surface area (Å²) >= 11 is 0. The normalized spacial score (nSPS) is 14.8. The first-order chi connectivity index (χ1) is 12.6. The summed E-state index contributed by atoms with van der Waals surface area (Å²) in [6, 6.07) is 9.02. The highest BCUT2D eigenvalue weighted by molar-refractivity contribution is 6.04. The molecule has 1 N–H and O–H groups in total. The molecule has 0 aliphatic carbocycles. The number of anilines is 2. The van der Waals surface area contributed by atoms with Gasteiger partial charge in [-0.05, 0) is 31.3 Å². The summed E-state index contributed by atoms with van der Waals surface area (Å²) in [5, 5.41) is 2.86. The molecule has 7 nitrogen and oxygen atoms in total. The lowest BCUT2D eigenvalue weighted by atomic mass is 10.2. The summed E-state index contributed by atoms with van der Waals surface area (Å²) in [7, 11) is 5.25. The molecule has 2 heterocycles. The van der Waals surface area contributed by atoms with Gasteiger partial charge in [0, 0.05) is 44.1 Å². The molecule has 2 aromatic rings. The first-order valence-electron chi connectivity index (χ1n) is 8.53. The molecular formula is C19H24N4O3. The van der Waals surface area contributed by atoms with E-state index in [0.717, 1.165) is 31.9 Å². The summed E-state index contributed by atoms with van der Waals surface area (Å²) in [6.45, 7) is 3.89. The maximum Gasteiger partial charge on any atom is 0.274 e. The number of ether oxygens (including phenoxy) is 2. The molecule has 1 aliphatic rings. The van der Waals surface area contributed by atoms with Crippen molar-refractivity contribution in [1.29, 1.82) is 0 Å². The zero-order valence-corrected chi connectivity index (χ0v) is 15.4. The molecule has 3 rings (SSSR count). The highest BCUT2D eigenvalue weighted by atomic mass is 16.5. The second-order valence-corrected chi connectivity index (χ2v) is 6.21. The number of nitrogens with one attached hydrogen (secondary N) is 1. The number of aromatic nitrogens is 1. The molecule has 1 amide bonds. The maximum atomic E-state index is 12.6. The Morgan fingerprint density at radius 3 is 2.54 bits per heavy atom. The molecule has 1 aromatic carbocycles. The van der Waals surface area contributed by atoms with Gasteiger partial charge in [-0.1, -0.05) is 0 Å². The minimum Gasteiger partial charge on any atom is -0.497 e. The molecule has 0 bridgehead atoms. The SMILES string of the molecule is COc1ccc(NC(=O)c2cc(N3CCN(C)CC3)ccn2)c(OC)c1. The molecule has 0 radical (unpaired) electrons. The quantitative estimate of drug-likeness (QED) is 0.885. The Morgan fingerprint density at radius 1 is 1.08 bits per heavy atom. The van der Waals surface area contributed by atoms with Crippen molar-refractivity contribution in [3.8, 4) is 11.5 Å². The Labute approximate surface area is 153 Å². The summed E-state index contributed by atoms with van der Waals surface area (Å²) in [4.78, 5) is 21.4. The lowest BCUT2D eigenvalue weighted by Gasteiger charge is -2.34. The molecule has 1 fully saturated rings. The van der Waals surface area contributed by atoms with Gasteiger partial charge in [0.1, 0.15) is 17.2 Å². The molecule has 1 aliphatic heterocycles. The lowest BCUT2D eigenvalue weighted by Crippen LogP contribution is -2.44.